The second-order valence-corrected chi connectivity index (χ2v) is 9.90. The summed E-state index contributed by atoms with van der Waals surface area (Å²) in [5.74, 6) is -0.544. The summed E-state index contributed by atoms with van der Waals surface area (Å²) in [4.78, 5) is 38.5. The van der Waals surface area contributed by atoms with Crippen LogP contribution < -0.4 is 5.32 Å². The van der Waals surface area contributed by atoms with Gasteiger partial charge >= 0.3 is 5.97 Å². The number of halogens is 1. The van der Waals surface area contributed by atoms with Crippen molar-refractivity contribution in [1.82, 2.24) is 4.90 Å². The molecule has 0 bridgehead atoms. The Hall–Kier alpha value is -2.49. The third-order valence-corrected chi connectivity index (χ3v) is 6.82. The van der Waals surface area contributed by atoms with Crippen LogP contribution in [0.1, 0.15) is 41.6 Å². The van der Waals surface area contributed by atoms with E-state index in [4.69, 9.17) is 17.0 Å². The van der Waals surface area contributed by atoms with Gasteiger partial charge in [-0.15, -0.1) is 0 Å². The average Bonchev–Trinajstić information content (AvgIpc) is 3.07. The first-order valence-corrected chi connectivity index (χ1v) is 12.4. The Morgan fingerprint density at radius 1 is 1.09 bits per heavy atom. The summed E-state index contributed by atoms with van der Waals surface area (Å²) < 4.78 is 6.19. The predicted molar refractivity (Wildman–Crippen MR) is 139 cm³/mol. The second kappa shape index (κ2) is 12.1. The van der Waals surface area contributed by atoms with E-state index in [1.54, 1.807) is 35.2 Å². The molecule has 0 aromatic heterocycles. The van der Waals surface area contributed by atoms with E-state index >= 15 is 0 Å². The van der Waals surface area contributed by atoms with Crippen LogP contribution >= 0.6 is 39.9 Å². The normalized spacial score (nSPS) is 14.6. The van der Waals surface area contributed by atoms with Crippen molar-refractivity contribution in [2.24, 2.45) is 0 Å². The first kappa shape index (κ1) is 25.1. The molecule has 1 N–H and O–H groups in total. The Morgan fingerprint density at radius 2 is 1.79 bits per heavy atom. The highest BCUT2D eigenvalue weighted by atomic mass is 79.9. The molecular formula is C24H23BrN2O4S2. The van der Waals surface area contributed by atoms with Gasteiger partial charge in [-0.05, 0) is 60.9 Å². The molecule has 0 unspecified atom stereocenters. The number of anilines is 1. The van der Waals surface area contributed by atoms with E-state index in [1.807, 2.05) is 24.3 Å². The van der Waals surface area contributed by atoms with Crippen LogP contribution in [0.15, 0.2) is 57.9 Å². The third-order valence-electron chi connectivity index (χ3n) is 4.92. The molecule has 0 aliphatic carbocycles. The number of amides is 2. The van der Waals surface area contributed by atoms with Crippen LogP contribution in [0, 0.1) is 0 Å². The van der Waals surface area contributed by atoms with Crippen LogP contribution in [0.25, 0.3) is 6.08 Å². The first-order chi connectivity index (χ1) is 15.9. The van der Waals surface area contributed by atoms with Gasteiger partial charge in [-0.25, -0.2) is 4.79 Å². The molecule has 0 atom stereocenters. The second-order valence-electron chi connectivity index (χ2n) is 7.31. The lowest BCUT2D eigenvalue weighted by molar-refractivity contribution is -0.122. The molecule has 2 amide bonds. The lowest BCUT2D eigenvalue weighted by Crippen LogP contribution is -2.29. The monoisotopic (exact) mass is 546 g/mol. The number of ether oxygens (including phenoxy) is 1. The lowest BCUT2D eigenvalue weighted by Gasteiger charge is -2.14. The van der Waals surface area contributed by atoms with Gasteiger partial charge in [0.25, 0.3) is 5.91 Å². The molecule has 3 rings (SSSR count). The third kappa shape index (κ3) is 7.25. The fourth-order valence-electron chi connectivity index (χ4n) is 3.17. The topological polar surface area (TPSA) is 75.7 Å². The average molecular weight is 547 g/mol. The van der Waals surface area contributed by atoms with Gasteiger partial charge in [-0.1, -0.05) is 58.5 Å². The maximum absolute atomic E-state index is 12.7. The van der Waals surface area contributed by atoms with Crippen LogP contribution in [-0.2, 0) is 14.3 Å². The number of carbonyl (C=O) groups excluding carboxylic acids is 3. The summed E-state index contributed by atoms with van der Waals surface area (Å²) in [7, 11) is 1.33. The van der Waals surface area contributed by atoms with Crippen LogP contribution in [0.3, 0.4) is 0 Å². The van der Waals surface area contributed by atoms with Gasteiger partial charge in [-0.3, -0.25) is 14.5 Å². The van der Waals surface area contributed by atoms with Gasteiger partial charge in [-0.2, -0.15) is 0 Å². The van der Waals surface area contributed by atoms with Gasteiger partial charge in [0.15, 0.2) is 0 Å². The molecule has 9 heteroatoms. The van der Waals surface area contributed by atoms with E-state index in [-0.39, 0.29) is 11.8 Å². The van der Waals surface area contributed by atoms with E-state index in [9.17, 15) is 14.4 Å². The molecule has 1 heterocycles. The van der Waals surface area contributed by atoms with Crippen molar-refractivity contribution in [2.45, 2.75) is 25.7 Å². The van der Waals surface area contributed by atoms with Crippen molar-refractivity contribution in [3.63, 3.8) is 0 Å². The smallest absolute Gasteiger partial charge is 0.337 e. The maximum atomic E-state index is 12.7. The Morgan fingerprint density at radius 3 is 2.45 bits per heavy atom. The molecule has 1 saturated heterocycles. The van der Waals surface area contributed by atoms with E-state index in [1.165, 1.54) is 18.9 Å². The molecule has 2 aromatic carbocycles. The van der Waals surface area contributed by atoms with E-state index < -0.39 is 5.97 Å². The summed E-state index contributed by atoms with van der Waals surface area (Å²) in [6.07, 6.45) is 4.51. The molecule has 33 heavy (non-hydrogen) atoms. The highest BCUT2D eigenvalue weighted by molar-refractivity contribution is 9.10. The molecule has 1 aliphatic rings. The SMILES string of the molecule is COC(=O)c1ccc(C=C2SC(=S)N(CCCCCC(=O)Nc3ccc(Br)cc3)C2=O)cc1. The molecule has 1 aliphatic heterocycles. The minimum absolute atomic E-state index is 0.0240. The fraction of sp³-hybridized carbons (Fsp3) is 0.250. The quantitative estimate of drug-likeness (QED) is 0.190. The lowest BCUT2D eigenvalue weighted by atomic mass is 10.1. The Bertz CT molecular complexity index is 1070. The largest absolute Gasteiger partial charge is 0.465 e. The summed E-state index contributed by atoms with van der Waals surface area (Å²) in [5, 5.41) is 2.88. The van der Waals surface area contributed by atoms with Crippen LogP contribution in [0.5, 0.6) is 0 Å². The van der Waals surface area contributed by atoms with Crippen molar-refractivity contribution in [2.75, 3.05) is 19.0 Å². The zero-order chi connectivity index (χ0) is 23.8. The molecule has 0 saturated carbocycles. The number of carbonyl (C=O) groups is 3. The highest BCUT2D eigenvalue weighted by Crippen LogP contribution is 2.32. The maximum Gasteiger partial charge on any atom is 0.337 e. The van der Waals surface area contributed by atoms with Crippen molar-refractivity contribution in [3.8, 4) is 0 Å². The van der Waals surface area contributed by atoms with Crippen LogP contribution in [0.4, 0.5) is 5.69 Å². The van der Waals surface area contributed by atoms with Crippen LogP contribution in [-0.4, -0.2) is 40.7 Å². The van der Waals surface area contributed by atoms with Crippen molar-refractivity contribution in [1.29, 1.82) is 0 Å². The van der Waals surface area contributed by atoms with Crippen LogP contribution in [0.2, 0.25) is 0 Å². The van der Waals surface area contributed by atoms with Gasteiger partial charge in [0.05, 0.1) is 17.6 Å². The molecular weight excluding hydrogens is 524 g/mol. The number of thiocarbonyl (C=S) groups is 1. The molecule has 0 spiro atoms. The number of hydrogen-bond donors (Lipinski definition) is 1. The fourth-order valence-corrected chi connectivity index (χ4v) is 4.74. The standard InChI is InChI=1S/C24H23BrN2O4S2/c1-31-23(30)17-8-6-16(7-9-17)15-20-22(29)27(24(32)33-20)14-4-2-3-5-21(28)26-19-12-10-18(25)11-13-19/h6-13,15H,2-5,14H2,1H3,(H,26,28). The number of benzene rings is 2. The molecule has 1 fully saturated rings. The number of hydrogen-bond acceptors (Lipinski definition) is 6. The van der Waals surface area contributed by atoms with E-state index in [2.05, 4.69) is 21.2 Å². The number of nitrogens with one attached hydrogen (secondary N) is 1. The summed E-state index contributed by atoms with van der Waals surface area (Å²) in [5.41, 5.74) is 2.03. The minimum atomic E-state index is -0.404. The van der Waals surface area contributed by atoms with Gasteiger partial charge in [0.1, 0.15) is 4.32 Å². The van der Waals surface area contributed by atoms with Gasteiger partial charge in [0, 0.05) is 23.1 Å². The molecule has 2 aromatic rings. The zero-order valence-corrected chi connectivity index (χ0v) is 21.2. The minimum Gasteiger partial charge on any atom is -0.465 e. The zero-order valence-electron chi connectivity index (χ0n) is 18.0. The Kier molecular flexibility index (Phi) is 9.22. The number of unbranched alkanes of at least 4 members (excludes halogenated alkanes) is 2. The molecule has 0 radical (unpaired) electrons. The number of thioether (sulfide) groups is 1. The predicted octanol–water partition coefficient (Wildman–Crippen LogP) is 5.64. The van der Waals surface area contributed by atoms with Crippen molar-refractivity contribution < 1.29 is 19.1 Å². The number of esters is 1. The highest BCUT2D eigenvalue weighted by Gasteiger charge is 2.31. The summed E-state index contributed by atoms with van der Waals surface area (Å²) >= 11 is 10.0. The van der Waals surface area contributed by atoms with Gasteiger partial charge < -0.3 is 10.1 Å². The number of methoxy groups -OCH3 is 1. The van der Waals surface area contributed by atoms with Crippen molar-refractivity contribution in [3.05, 3.63) is 69.0 Å². The number of rotatable bonds is 9. The van der Waals surface area contributed by atoms with E-state index in [0.717, 1.165) is 35.0 Å². The Labute approximate surface area is 210 Å². The summed E-state index contributed by atoms with van der Waals surface area (Å²) in [6.45, 7) is 0.525. The van der Waals surface area contributed by atoms with Gasteiger partial charge in [0.2, 0.25) is 5.91 Å². The first-order valence-electron chi connectivity index (χ1n) is 10.4. The molecule has 172 valence electrons. The van der Waals surface area contributed by atoms with Crippen molar-refractivity contribution >= 4 is 73.8 Å². The molecule has 6 nitrogen and oxygen atoms in total. The number of nitrogens with zero attached hydrogens (tertiary/aromatic N) is 1. The Balaban J connectivity index is 1.43. The van der Waals surface area contributed by atoms with E-state index in [0.29, 0.717) is 27.8 Å². The summed E-state index contributed by atoms with van der Waals surface area (Å²) in [6, 6.07) is 14.3.